The van der Waals surface area contributed by atoms with E-state index in [0.717, 1.165) is 4.31 Å². The van der Waals surface area contributed by atoms with Gasteiger partial charge in [0.25, 0.3) is 15.9 Å². The predicted molar refractivity (Wildman–Crippen MR) is 99.9 cm³/mol. The van der Waals surface area contributed by atoms with Crippen LogP contribution in [0.2, 0.25) is 0 Å². The molecule has 0 unspecified atom stereocenters. The van der Waals surface area contributed by atoms with Crippen molar-refractivity contribution in [3.8, 4) is 11.5 Å². The number of sulfonamides is 1. The van der Waals surface area contributed by atoms with E-state index in [9.17, 15) is 13.2 Å². The Balaban J connectivity index is 2.15. The molecule has 2 N–H and O–H groups in total. The fourth-order valence-corrected chi connectivity index (χ4v) is 4.80. The summed E-state index contributed by atoms with van der Waals surface area (Å²) in [6.45, 7) is 1.87. The lowest BCUT2D eigenvalue weighted by molar-refractivity contribution is -0.124. The molecule has 26 heavy (non-hydrogen) atoms. The number of hydrogen-bond donors (Lipinski definition) is 1. The van der Waals surface area contributed by atoms with Gasteiger partial charge in [-0.05, 0) is 37.3 Å². The first kappa shape index (κ1) is 18.5. The zero-order chi connectivity index (χ0) is 18.9. The standard InChI is InChI=1S/C17H17BrN2O5S/c1-2-24-14-8-7-11(18)9-16(14)26(22,23)20-10-15(17(19)21)25-13-6-4-3-5-12(13)20/h3-9,15H,2,10H2,1H3,(H2,19,21)/t15-/m1/s1. The SMILES string of the molecule is CCOc1ccc(Br)cc1S(=O)(=O)N1C[C@H](C(N)=O)Oc2ccccc21. The second-order valence-electron chi connectivity index (χ2n) is 5.54. The molecular formula is C17H17BrN2O5S. The smallest absolute Gasteiger partial charge is 0.268 e. The van der Waals surface area contributed by atoms with Gasteiger partial charge in [-0.3, -0.25) is 9.10 Å². The molecule has 9 heteroatoms. The van der Waals surface area contributed by atoms with Crippen molar-refractivity contribution >= 4 is 37.5 Å². The maximum absolute atomic E-state index is 13.4. The van der Waals surface area contributed by atoms with E-state index in [4.69, 9.17) is 15.2 Å². The van der Waals surface area contributed by atoms with E-state index in [2.05, 4.69) is 15.9 Å². The summed E-state index contributed by atoms with van der Waals surface area (Å²) in [5, 5.41) is 0. The molecule has 7 nitrogen and oxygen atoms in total. The average Bonchev–Trinajstić information content (AvgIpc) is 2.62. The van der Waals surface area contributed by atoms with Gasteiger partial charge in [0.1, 0.15) is 16.4 Å². The Morgan fingerprint density at radius 1 is 1.35 bits per heavy atom. The van der Waals surface area contributed by atoms with Gasteiger partial charge >= 0.3 is 0 Å². The number of halogens is 1. The highest BCUT2D eigenvalue weighted by Crippen LogP contribution is 2.39. The lowest BCUT2D eigenvalue weighted by atomic mass is 10.2. The largest absolute Gasteiger partial charge is 0.492 e. The third kappa shape index (κ3) is 3.36. The van der Waals surface area contributed by atoms with Crippen molar-refractivity contribution < 1.29 is 22.7 Å². The summed E-state index contributed by atoms with van der Waals surface area (Å²) in [6.07, 6.45) is -1.08. The maximum Gasteiger partial charge on any atom is 0.268 e. The average molecular weight is 441 g/mol. The molecule has 0 spiro atoms. The number of rotatable bonds is 5. The number of para-hydroxylation sites is 2. The highest BCUT2D eigenvalue weighted by molar-refractivity contribution is 9.10. The molecule has 0 aliphatic carbocycles. The molecule has 0 fully saturated rings. The second kappa shape index (κ2) is 7.16. The summed E-state index contributed by atoms with van der Waals surface area (Å²) in [5.74, 6) is -0.228. The number of primary amides is 1. The summed E-state index contributed by atoms with van der Waals surface area (Å²) in [4.78, 5) is 11.6. The molecule has 1 atom stereocenters. The second-order valence-corrected chi connectivity index (χ2v) is 8.28. The van der Waals surface area contributed by atoms with Gasteiger partial charge in [0.15, 0.2) is 6.10 Å². The molecule has 3 rings (SSSR count). The van der Waals surface area contributed by atoms with Crippen LogP contribution in [0.4, 0.5) is 5.69 Å². The van der Waals surface area contributed by atoms with Crippen LogP contribution in [-0.2, 0) is 14.8 Å². The van der Waals surface area contributed by atoms with E-state index in [0.29, 0.717) is 16.8 Å². The van der Waals surface area contributed by atoms with Gasteiger partial charge < -0.3 is 15.2 Å². The third-order valence-electron chi connectivity index (χ3n) is 3.83. The van der Waals surface area contributed by atoms with E-state index in [1.54, 1.807) is 43.3 Å². The molecule has 0 saturated carbocycles. The number of nitrogens with zero attached hydrogens (tertiary/aromatic N) is 1. The Morgan fingerprint density at radius 2 is 2.08 bits per heavy atom. The van der Waals surface area contributed by atoms with E-state index in [1.807, 2.05) is 0 Å². The van der Waals surface area contributed by atoms with Crippen LogP contribution >= 0.6 is 15.9 Å². The quantitative estimate of drug-likeness (QED) is 0.768. The van der Waals surface area contributed by atoms with Gasteiger partial charge in [-0.1, -0.05) is 28.1 Å². The van der Waals surface area contributed by atoms with Gasteiger partial charge in [0.05, 0.1) is 18.8 Å². The first-order chi connectivity index (χ1) is 12.3. The number of carbonyl (C=O) groups excluding carboxylic acids is 1. The monoisotopic (exact) mass is 440 g/mol. The number of anilines is 1. The molecule has 0 aromatic heterocycles. The molecule has 0 saturated heterocycles. The molecule has 2 aromatic rings. The highest BCUT2D eigenvalue weighted by Gasteiger charge is 2.38. The Labute approximate surface area is 159 Å². The highest BCUT2D eigenvalue weighted by atomic mass is 79.9. The summed E-state index contributed by atoms with van der Waals surface area (Å²) in [6, 6.07) is 11.3. The number of amides is 1. The Morgan fingerprint density at radius 3 is 2.77 bits per heavy atom. The van der Waals surface area contributed by atoms with E-state index in [1.165, 1.54) is 6.07 Å². The van der Waals surface area contributed by atoms with Crippen LogP contribution in [0, 0.1) is 0 Å². The predicted octanol–water partition coefficient (Wildman–Crippen LogP) is 2.29. The van der Waals surface area contributed by atoms with E-state index >= 15 is 0 Å². The minimum absolute atomic E-state index is 0.00588. The first-order valence-corrected chi connectivity index (χ1v) is 10.1. The lowest BCUT2D eigenvalue weighted by Gasteiger charge is -2.34. The molecule has 1 heterocycles. The minimum Gasteiger partial charge on any atom is -0.492 e. The van der Waals surface area contributed by atoms with Crippen LogP contribution in [0.5, 0.6) is 11.5 Å². The van der Waals surface area contributed by atoms with Crippen molar-refractivity contribution in [3.05, 3.63) is 46.9 Å². The number of hydrogen-bond acceptors (Lipinski definition) is 5. The molecular weight excluding hydrogens is 424 g/mol. The summed E-state index contributed by atoms with van der Waals surface area (Å²) >= 11 is 3.29. The Kier molecular flexibility index (Phi) is 5.10. The molecule has 0 bridgehead atoms. The normalized spacial score (nSPS) is 16.5. The van der Waals surface area contributed by atoms with E-state index in [-0.39, 0.29) is 22.9 Å². The molecule has 2 aromatic carbocycles. The third-order valence-corrected chi connectivity index (χ3v) is 6.12. The molecule has 1 amide bonds. The van der Waals surface area contributed by atoms with Gasteiger partial charge in [-0.2, -0.15) is 0 Å². The van der Waals surface area contributed by atoms with Gasteiger partial charge in [0.2, 0.25) is 0 Å². The Bertz CT molecular complexity index is 948. The number of benzene rings is 2. The minimum atomic E-state index is -4.03. The number of fused-ring (bicyclic) bond motifs is 1. The zero-order valence-electron chi connectivity index (χ0n) is 13.9. The lowest BCUT2D eigenvalue weighted by Crippen LogP contribution is -2.49. The van der Waals surface area contributed by atoms with Crippen molar-refractivity contribution in [2.75, 3.05) is 17.5 Å². The van der Waals surface area contributed by atoms with Crippen molar-refractivity contribution in [1.29, 1.82) is 0 Å². The van der Waals surface area contributed by atoms with Crippen molar-refractivity contribution in [3.63, 3.8) is 0 Å². The Hall–Kier alpha value is -2.26. The summed E-state index contributed by atoms with van der Waals surface area (Å²) < 4.78 is 39.5. The van der Waals surface area contributed by atoms with E-state index < -0.39 is 22.0 Å². The van der Waals surface area contributed by atoms with Crippen molar-refractivity contribution in [2.24, 2.45) is 5.73 Å². The zero-order valence-corrected chi connectivity index (χ0v) is 16.3. The van der Waals surface area contributed by atoms with Gasteiger partial charge in [0, 0.05) is 4.47 Å². The number of nitrogens with two attached hydrogens (primary N) is 1. The van der Waals surface area contributed by atoms with Crippen LogP contribution in [0.3, 0.4) is 0 Å². The molecule has 0 radical (unpaired) electrons. The number of carbonyl (C=O) groups is 1. The van der Waals surface area contributed by atoms with Crippen LogP contribution in [0.15, 0.2) is 51.8 Å². The molecule has 138 valence electrons. The first-order valence-electron chi connectivity index (χ1n) is 7.84. The van der Waals surface area contributed by atoms with Crippen LogP contribution < -0.4 is 19.5 Å². The fourth-order valence-electron chi connectivity index (χ4n) is 2.65. The molecule has 1 aliphatic heterocycles. The summed E-state index contributed by atoms with van der Waals surface area (Å²) in [5.41, 5.74) is 5.69. The molecule has 1 aliphatic rings. The maximum atomic E-state index is 13.4. The van der Waals surface area contributed by atoms with Crippen LogP contribution in [-0.4, -0.2) is 33.6 Å². The summed E-state index contributed by atoms with van der Waals surface area (Å²) in [7, 11) is -4.03. The topological polar surface area (TPSA) is 98.9 Å². The van der Waals surface area contributed by atoms with Crippen molar-refractivity contribution in [1.82, 2.24) is 0 Å². The fraction of sp³-hybridized carbons (Fsp3) is 0.235. The van der Waals surface area contributed by atoms with Crippen molar-refractivity contribution in [2.45, 2.75) is 17.9 Å². The van der Waals surface area contributed by atoms with Gasteiger partial charge in [-0.25, -0.2) is 8.42 Å². The number of ether oxygens (including phenoxy) is 2. The van der Waals surface area contributed by atoms with Gasteiger partial charge in [-0.15, -0.1) is 0 Å². The van der Waals surface area contributed by atoms with Crippen LogP contribution in [0.25, 0.3) is 0 Å². The van der Waals surface area contributed by atoms with Crippen LogP contribution in [0.1, 0.15) is 6.92 Å².